The summed E-state index contributed by atoms with van der Waals surface area (Å²) in [6.45, 7) is 5.64. The summed E-state index contributed by atoms with van der Waals surface area (Å²) in [7, 11) is 0. The first-order valence-electron chi connectivity index (χ1n) is 6.36. The van der Waals surface area contributed by atoms with Gasteiger partial charge in [-0.15, -0.1) is 0 Å². The molecule has 1 aliphatic rings. The first kappa shape index (κ1) is 13.5. The molecule has 0 aromatic rings. The Morgan fingerprint density at radius 1 is 1.38 bits per heavy atom. The highest BCUT2D eigenvalue weighted by molar-refractivity contribution is 5.69. The maximum absolute atomic E-state index is 11.1. The Labute approximate surface area is 98.1 Å². The van der Waals surface area contributed by atoms with E-state index in [-0.39, 0.29) is 5.97 Å². The number of likely N-dealkylation sites (tertiary alicyclic amines) is 1. The summed E-state index contributed by atoms with van der Waals surface area (Å²) in [5, 5.41) is 0. The molecule has 0 aliphatic carbocycles. The molecule has 1 aliphatic heterocycles. The minimum atomic E-state index is -0.0665. The van der Waals surface area contributed by atoms with Gasteiger partial charge in [-0.05, 0) is 52.2 Å². The standard InChI is InChI=1S/C12H24N2O2/c1-2-16-12(15)5-3-4-8-14-9-6-11(13)7-10-14/h11H,2-10,13H2,1H3. The van der Waals surface area contributed by atoms with Gasteiger partial charge in [-0.2, -0.15) is 0 Å². The largest absolute Gasteiger partial charge is 0.466 e. The number of nitrogens with zero attached hydrogens (tertiary/aromatic N) is 1. The number of ether oxygens (including phenoxy) is 1. The summed E-state index contributed by atoms with van der Waals surface area (Å²) in [5.74, 6) is -0.0665. The fourth-order valence-electron chi connectivity index (χ4n) is 2.01. The number of unbranched alkanes of at least 4 members (excludes halogenated alkanes) is 1. The highest BCUT2D eigenvalue weighted by Crippen LogP contribution is 2.09. The van der Waals surface area contributed by atoms with Crippen molar-refractivity contribution in [1.29, 1.82) is 0 Å². The zero-order valence-corrected chi connectivity index (χ0v) is 10.3. The van der Waals surface area contributed by atoms with Gasteiger partial charge < -0.3 is 15.4 Å². The molecular weight excluding hydrogens is 204 g/mol. The zero-order valence-electron chi connectivity index (χ0n) is 10.3. The molecule has 0 radical (unpaired) electrons. The molecule has 0 atom stereocenters. The lowest BCUT2D eigenvalue weighted by Gasteiger charge is -2.29. The molecule has 94 valence electrons. The van der Waals surface area contributed by atoms with Gasteiger partial charge in [0.15, 0.2) is 0 Å². The van der Waals surface area contributed by atoms with E-state index in [0.29, 0.717) is 19.1 Å². The molecule has 1 heterocycles. The lowest BCUT2D eigenvalue weighted by atomic mass is 10.1. The average Bonchev–Trinajstić information content (AvgIpc) is 2.27. The monoisotopic (exact) mass is 228 g/mol. The van der Waals surface area contributed by atoms with Crippen LogP contribution in [0.5, 0.6) is 0 Å². The lowest BCUT2D eigenvalue weighted by Crippen LogP contribution is -2.40. The minimum absolute atomic E-state index is 0.0665. The number of nitrogens with two attached hydrogens (primary N) is 1. The Bertz CT molecular complexity index is 201. The number of carbonyl (C=O) groups is 1. The highest BCUT2D eigenvalue weighted by Gasteiger charge is 2.15. The van der Waals surface area contributed by atoms with E-state index in [1.165, 1.54) is 0 Å². The van der Waals surface area contributed by atoms with Crippen molar-refractivity contribution in [3.63, 3.8) is 0 Å². The van der Waals surface area contributed by atoms with Gasteiger partial charge in [0.1, 0.15) is 0 Å². The van der Waals surface area contributed by atoms with Crippen LogP contribution in [0.2, 0.25) is 0 Å². The van der Waals surface area contributed by atoms with Gasteiger partial charge in [0.25, 0.3) is 0 Å². The van der Waals surface area contributed by atoms with Crippen molar-refractivity contribution in [3.8, 4) is 0 Å². The highest BCUT2D eigenvalue weighted by atomic mass is 16.5. The topological polar surface area (TPSA) is 55.6 Å². The first-order valence-corrected chi connectivity index (χ1v) is 6.36. The van der Waals surface area contributed by atoms with Gasteiger partial charge in [-0.1, -0.05) is 0 Å². The van der Waals surface area contributed by atoms with Crippen molar-refractivity contribution < 1.29 is 9.53 Å². The Balaban J connectivity index is 1.97. The molecular formula is C12H24N2O2. The minimum Gasteiger partial charge on any atom is -0.466 e. The van der Waals surface area contributed by atoms with E-state index in [0.717, 1.165) is 45.3 Å². The van der Waals surface area contributed by atoms with Crippen LogP contribution < -0.4 is 5.73 Å². The molecule has 4 nitrogen and oxygen atoms in total. The maximum atomic E-state index is 11.1. The van der Waals surface area contributed by atoms with Crippen LogP contribution in [0.25, 0.3) is 0 Å². The van der Waals surface area contributed by atoms with Crippen molar-refractivity contribution in [2.45, 2.75) is 45.1 Å². The number of piperidine rings is 1. The van der Waals surface area contributed by atoms with Crippen LogP contribution in [-0.4, -0.2) is 43.2 Å². The Morgan fingerprint density at radius 3 is 2.69 bits per heavy atom. The van der Waals surface area contributed by atoms with Crippen LogP contribution in [0.4, 0.5) is 0 Å². The molecule has 1 fully saturated rings. The molecule has 1 rings (SSSR count). The van der Waals surface area contributed by atoms with Crippen LogP contribution in [0, 0.1) is 0 Å². The van der Waals surface area contributed by atoms with Gasteiger partial charge in [-0.25, -0.2) is 0 Å². The maximum Gasteiger partial charge on any atom is 0.305 e. The van der Waals surface area contributed by atoms with Crippen molar-refractivity contribution in [3.05, 3.63) is 0 Å². The van der Waals surface area contributed by atoms with E-state index < -0.39 is 0 Å². The summed E-state index contributed by atoms with van der Waals surface area (Å²) in [5.41, 5.74) is 5.84. The molecule has 16 heavy (non-hydrogen) atoms. The van der Waals surface area contributed by atoms with Crippen molar-refractivity contribution in [2.24, 2.45) is 5.73 Å². The van der Waals surface area contributed by atoms with E-state index in [1.54, 1.807) is 0 Å². The third kappa shape index (κ3) is 5.47. The predicted molar refractivity (Wildman–Crippen MR) is 64.1 cm³/mol. The summed E-state index contributed by atoms with van der Waals surface area (Å²) < 4.78 is 4.88. The van der Waals surface area contributed by atoms with E-state index in [1.807, 2.05) is 6.92 Å². The molecule has 0 aromatic heterocycles. The SMILES string of the molecule is CCOC(=O)CCCCN1CCC(N)CC1. The molecule has 0 amide bonds. The molecule has 0 unspecified atom stereocenters. The van der Waals surface area contributed by atoms with Crippen LogP contribution in [0.15, 0.2) is 0 Å². The van der Waals surface area contributed by atoms with Crippen LogP contribution >= 0.6 is 0 Å². The van der Waals surface area contributed by atoms with E-state index in [2.05, 4.69) is 4.90 Å². The zero-order chi connectivity index (χ0) is 11.8. The van der Waals surface area contributed by atoms with Gasteiger partial charge in [0.2, 0.25) is 0 Å². The predicted octanol–water partition coefficient (Wildman–Crippen LogP) is 1.14. The second kappa shape index (κ2) is 7.63. The third-order valence-corrected chi connectivity index (χ3v) is 3.04. The number of hydrogen-bond acceptors (Lipinski definition) is 4. The molecule has 1 saturated heterocycles. The normalized spacial score (nSPS) is 18.6. The first-order chi connectivity index (χ1) is 7.72. The number of carbonyl (C=O) groups excluding carboxylic acids is 1. The van der Waals surface area contributed by atoms with Gasteiger partial charge in [0.05, 0.1) is 6.61 Å². The van der Waals surface area contributed by atoms with E-state index >= 15 is 0 Å². The fraction of sp³-hybridized carbons (Fsp3) is 0.917. The Kier molecular flexibility index (Phi) is 6.42. The second-order valence-corrected chi connectivity index (χ2v) is 4.44. The second-order valence-electron chi connectivity index (χ2n) is 4.44. The Hall–Kier alpha value is -0.610. The van der Waals surface area contributed by atoms with E-state index in [9.17, 15) is 4.79 Å². The summed E-state index contributed by atoms with van der Waals surface area (Å²) in [6, 6.07) is 0.399. The third-order valence-electron chi connectivity index (χ3n) is 3.04. The van der Waals surface area contributed by atoms with Gasteiger partial charge >= 0.3 is 5.97 Å². The van der Waals surface area contributed by atoms with Crippen molar-refractivity contribution >= 4 is 5.97 Å². The van der Waals surface area contributed by atoms with Crippen molar-refractivity contribution in [1.82, 2.24) is 4.90 Å². The van der Waals surface area contributed by atoms with Crippen molar-refractivity contribution in [2.75, 3.05) is 26.2 Å². The van der Waals surface area contributed by atoms with Crippen LogP contribution in [0.3, 0.4) is 0 Å². The molecule has 0 bridgehead atoms. The van der Waals surface area contributed by atoms with Crippen LogP contribution in [0.1, 0.15) is 39.0 Å². The lowest BCUT2D eigenvalue weighted by molar-refractivity contribution is -0.143. The van der Waals surface area contributed by atoms with Crippen LogP contribution in [-0.2, 0) is 9.53 Å². The van der Waals surface area contributed by atoms with Gasteiger partial charge in [0, 0.05) is 12.5 Å². The molecule has 2 N–H and O–H groups in total. The molecule has 0 saturated carbocycles. The summed E-state index contributed by atoms with van der Waals surface area (Å²) in [6.07, 6.45) is 4.78. The summed E-state index contributed by atoms with van der Waals surface area (Å²) in [4.78, 5) is 13.5. The Morgan fingerprint density at radius 2 is 2.06 bits per heavy atom. The average molecular weight is 228 g/mol. The fourth-order valence-corrected chi connectivity index (χ4v) is 2.01. The number of rotatable bonds is 6. The number of hydrogen-bond donors (Lipinski definition) is 1. The molecule has 0 aromatic carbocycles. The van der Waals surface area contributed by atoms with Gasteiger partial charge in [-0.3, -0.25) is 4.79 Å². The number of esters is 1. The molecule has 4 heteroatoms. The quantitative estimate of drug-likeness (QED) is 0.547. The smallest absolute Gasteiger partial charge is 0.305 e. The molecule has 0 spiro atoms. The van der Waals surface area contributed by atoms with E-state index in [4.69, 9.17) is 10.5 Å². The summed E-state index contributed by atoms with van der Waals surface area (Å²) >= 11 is 0.